The van der Waals surface area contributed by atoms with Gasteiger partial charge in [0.15, 0.2) is 12.5 Å². The Hall–Kier alpha value is -1.42. The second kappa shape index (κ2) is 3.62. The number of hydrogen-bond donors (Lipinski definition) is 1. The zero-order valence-corrected chi connectivity index (χ0v) is 9.26. The number of nitrogens with zero attached hydrogens (tertiary/aromatic N) is 1. The first-order valence-corrected chi connectivity index (χ1v) is 4.89. The Kier molecular flexibility index (Phi) is 2.44. The molecule has 0 atom stereocenters. The van der Waals surface area contributed by atoms with E-state index in [1.165, 1.54) is 0 Å². The van der Waals surface area contributed by atoms with E-state index in [0.29, 0.717) is 16.3 Å². The molecule has 80 valence electrons. The average Bonchev–Trinajstić information content (AvgIpc) is 2.18. The maximum Gasteiger partial charge on any atom is 0.257 e. The van der Waals surface area contributed by atoms with Gasteiger partial charge in [-0.1, -0.05) is 11.6 Å². The van der Waals surface area contributed by atoms with Crippen LogP contribution < -0.4 is 15.0 Å². The van der Waals surface area contributed by atoms with Crippen LogP contribution in [0.3, 0.4) is 0 Å². The summed E-state index contributed by atoms with van der Waals surface area (Å²) in [6.07, 6.45) is 0. The van der Waals surface area contributed by atoms with Crippen LogP contribution in [-0.4, -0.2) is 26.7 Å². The van der Waals surface area contributed by atoms with E-state index in [9.17, 15) is 4.79 Å². The van der Waals surface area contributed by atoms with Gasteiger partial charge in [-0.15, -0.1) is 0 Å². The van der Waals surface area contributed by atoms with Gasteiger partial charge >= 0.3 is 0 Å². The van der Waals surface area contributed by atoms with E-state index in [1.807, 2.05) is 19.0 Å². The number of benzene rings is 1. The quantitative estimate of drug-likeness (QED) is 0.789. The molecule has 5 heteroatoms. The molecule has 0 saturated heterocycles. The van der Waals surface area contributed by atoms with Crippen LogP contribution in [0.15, 0.2) is 12.1 Å². The molecular formula is C10H11ClN2O2. The lowest BCUT2D eigenvalue weighted by molar-refractivity contribution is 0.0884. The van der Waals surface area contributed by atoms with Crippen LogP contribution in [0.25, 0.3) is 0 Å². The van der Waals surface area contributed by atoms with Gasteiger partial charge < -0.3 is 15.0 Å². The second-order valence-corrected chi connectivity index (χ2v) is 3.93. The van der Waals surface area contributed by atoms with Crippen molar-refractivity contribution in [3.8, 4) is 5.75 Å². The smallest absolute Gasteiger partial charge is 0.257 e. The summed E-state index contributed by atoms with van der Waals surface area (Å²) in [5.41, 5.74) is 1.30. The van der Waals surface area contributed by atoms with Crippen molar-refractivity contribution in [2.75, 3.05) is 25.7 Å². The number of carbonyl (C=O) groups excluding carboxylic acids is 1. The molecule has 0 aliphatic carbocycles. The van der Waals surface area contributed by atoms with Crippen LogP contribution in [0, 0.1) is 0 Å². The Morgan fingerprint density at radius 2 is 2.20 bits per heavy atom. The monoisotopic (exact) mass is 226 g/mol. The van der Waals surface area contributed by atoms with Crippen LogP contribution in [-0.2, 0) is 0 Å². The summed E-state index contributed by atoms with van der Waals surface area (Å²) in [7, 11) is 3.75. The molecule has 1 aliphatic heterocycles. The van der Waals surface area contributed by atoms with E-state index >= 15 is 0 Å². The first-order valence-electron chi connectivity index (χ1n) is 4.51. The summed E-state index contributed by atoms with van der Waals surface area (Å²) in [6, 6.07) is 3.39. The minimum Gasteiger partial charge on any atom is -0.470 e. The summed E-state index contributed by atoms with van der Waals surface area (Å²) < 4.78 is 5.41. The molecule has 1 aliphatic rings. The molecule has 1 amide bonds. The van der Waals surface area contributed by atoms with Crippen LogP contribution in [0.2, 0.25) is 5.02 Å². The molecule has 4 nitrogen and oxygen atoms in total. The number of nitrogens with one attached hydrogen (secondary N) is 1. The Morgan fingerprint density at radius 3 is 2.87 bits per heavy atom. The van der Waals surface area contributed by atoms with Gasteiger partial charge in [-0.3, -0.25) is 4.79 Å². The third kappa shape index (κ3) is 1.72. The minimum absolute atomic E-state index is 0.151. The standard InChI is InChI=1S/C10H11ClN2O2/c1-13(2)8-4-6(11)3-7-9(8)15-5-12-10(7)14/h3-4H,5H2,1-2H3,(H,12,14). The van der Waals surface area contributed by atoms with E-state index in [1.54, 1.807) is 12.1 Å². The largest absolute Gasteiger partial charge is 0.470 e. The van der Waals surface area contributed by atoms with Crippen molar-refractivity contribution in [1.29, 1.82) is 0 Å². The molecule has 1 heterocycles. The summed E-state index contributed by atoms with van der Waals surface area (Å²) in [5, 5.41) is 3.12. The highest BCUT2D eigenvalue weighted by Crippen LogP contribution is 2.35. The number of hydrogen-bond acceptors (Lipinski definition) is 3. The highest BCUT2D eigenvalue weighted by atomic mass is 35.5. The average molecular weight is 227 g/mol. The fraction of sp³-hybridized carbons (Fsp3) is 0.300. The van der Waals surface area contributed by atoms with Gasteiger partial charge in [0.1, 0.15) is 0 Å². The maximum atomic E-state index is 11.5. The molecule has 0 unspecified atom stereocenters. The molecule has 1 N–H and O–H groups in total. The molecule has 0 radical (unpaired) electrons. The number of carbonyl (C=O) groups is 1. The van der Waals surface area contributed by atoms with Crippen LogP contribution in [0.5, 0.6) is 5.75 Å². The zero-order chi connectivity index (χ0) is 11.0. The van der Waals surface area contributed by atoms with E-state index < -0.39 is 0 Å². The van der Waals surface area contributed by atoms with Gasteiger partial charge in [0, 0.05) is 19.1 Å². The highest BCUT2D eigenvalue weighted by molar-refractivity contribution is 6.31. The molecule has 15 heavy (non-hydrogen) atoms. The van der Waals surface area contributed by atoms with Crippen molar-refractivity contribution >= 4 is 23.2 Å². The predicted molar refractivity (Wildman–Crippen MR) is 58.7 cm³/mol. The number of anilines is 1. The lowest BCUT2D eigenvalue weighted by Gasteiger charge is -2.24. The van der Waals surface area contributed by atoms with Gasteiger partial charge in [-0.2, -0.15) is 0 Å². The lowest BCUT2D eigenvalue weighted by atomic mass is 10.1. The summed E-state index contributed by atoms with van der Waals surface area (Å²) >= 11 is 5.93. The summed E-state index contributed by atoms with van der Waals surface area (Å²) in [5.74, 6) is 0.440. The van der Waals surface area contributed by atoms with Gasteiger partial charge in [0.05, 0.1) is 11.3 Å². The van der Waals surface area contributed by atoms with E-state index in [4.69, 9.17) is 16.3 Å². The van der Waals surface area contributed by atoms with Gasteiger partial charge in [-0.25, -0.2) is 0 Å². The van der Waals surface area contributed by atoms with Crippen molar-refractivity contribution in [3.63, 3.8) is 0 Å². The van der Waals surface area contributed by atoms with Crippen molar-refractivity contribution < 1.29 is 9.53 Å². The number of halogens is 1. The highest BCUT2D eigenvalue weighted by Gasteiger charge is 2.22. The van der Waals surface area contributed by atoms with Crippen molar-refractivity contribution in [3.05, 3.63) is 22.7 Å². The van der Waals surface area contributed by atoms with Crippen LogP contribution in [0.1, 0.15) is 10.4 Å². The number of fused-ring (bicyclic) bond motifs is 1. The minimum atomic E-state index is -0.151. The number of ether oxygens (including phenoxy) is 1. The Morgan fingerprint density at radius 1 is 1.47 bits per heavy atom. The SMILES string of the molecule is CN(C)c1cc(Cl)cc2c1OCNC2=O. The zero-order valence-electron chi connectivity index (χ0n) is 8.50. The second-order valence-electron chi connectivity index (χ2n) is 3.49. The third-order valence-electron chi connectivity index (χ3n) is 2.21. The number of amides is 1. The Bertz CT molecular complexity index is 418. The van der Waals surface area contributed by atoms with Crippen molar-refractivity contribution in [2.24, 2.45) is 0 Å². The maximum absolute atomic E-state index is 11.5. The Balaban J connectivity index is 2.62. The fourth-order valence-corrected chi connectivity index (χ4v) is 1.71. The van der Waals surface area contributed by atoms with E-state index in [0.717, 1.165) is 5.69 Å². The molecule has 1 aromatic carbocycles. The van der Waals surface area contributed by atoms with Crippen molar-refractivity contribution in [1.82, 2.24) is 5.32 Å². The molecule has 0 aromatic heterocycles. The number of rotatable bonds is 1. The van der Waals surface area contributed by atoms with Crippen LogP contribution in [0.4, 0.5) is 5.69 Å². The third-order valence-corrected chi connectivity index (χ3v) is 2.43. The Labute approximate surface area is 92.8 Å². The van der Waals surface area contributed by atoms with E-state index in [2.05, 4.69) is 5.32 Å². The van der Waals surface area contributed by atoms with Crippen molar-refractivity contribution in [2.45, 2.75) is 0 Å². The first-order chi connectivity index (χ1) is 7.09. The topological polar surface area (TPSA) is 41.6 Å². The molecule has 2 rings (SSSR count). The molecule has 0 spiro atoms. The normalized spacial score (nSPS) is 13.9. The summed E-state index contributed by atoms with van der Waals surface area (Å²) in [6.45, 7) is 0.203. The molecule has 0 bridgehead atoms. The first kappa shape index (κ1) is 10.1. The van der Waals surface area contributed by atoms with Gasteiger partial charge in [0.25, 0.3) is 5.91 Å². The van der Waals surface area contributed by atoms with Gasteiger partial charge in [-0.05, 0) is 12.1 Å². The van der Waals surface area contributed by atoms with Gasteiger partial charge in [0.2, 0.25) is 0 Å². The molecular weight excluding hydrogens is 216 g/mol. The van der Waals surface area contributed by atoms with Crippen LogP contribution >= 0.6 is 11.6 Å². The fourth-order valence-electron chi connectivity index (χ4n) is 1.50. The molecule has 0 saturated carbocycles. The molecule has 0 fully saturated rings. The predicted octanol–water partition coefficient (Wildman–Crippen LogP) is 1.49. The summed E-state index contributed by atoms with van der Waals surface area (Å²) in [4.78, 5) is 13.4. The van der Waals surface area contributed by atoms with E-state index in [-0.39, 0.29) is 12.6 Å². The molecule has 1 aromatic rings. The lowest BCUT2D eigenvalue weighted by Crippen LogP contribution is -2.33.